The molecule has 0 aliphatic carbocycles. The number of hydrogen-bond donors (Lipinski definition) is 1. The number of rotatable bonds is 4. The lowest BCUT2D eigenvalue weighted by Gasteiger charge is -2.39. The van der Waals surface area contributed by atoms with Crippen LogP contribution in [0.15, 0.2) is 42.5 Å². The Morgan fingerprint density at radius 1 is 1.08 bits per heavy atom. The first-order chi connectivity index (χ1) is 12.0. The normalized spacial score (nSPS) is 19.1. The molecule has 2 aromatic rings. The summed E-state index contributed by atoms with van der Waals surface area (Å²) in [7, 11) is 3.31. The van der Waals surface area contributed by atoms with Gasteiger partial charge < -0.3 is 19.7 Å². The minimum absolute atomic E-state index is 0.0572. The molecular formula is C20H24N2O3. The van der Waals surface area contributed by atoms with E-state index in [0.717, 1.165) is 34.9 Å². The van der Waals surface area contributed by atoms with Crippen molar-refractivity contribution in [3.63, 3.8) is 0 Å². The average molecular weight is 340 g/mol. The number of carbonyl (C=O) groups excluding carboxylic acids is 1. The highest BCUT2D eigenvalue weighted by molar-refractivity contribution is 5.94. The van der Waals surface area contributed by atoms with Gasteiger partial charge in [-0.3, -0.25) is 4.79 Å². The minimum Gasteiger partial charge on any atom is -0.497 e. The molecule has 3 rings (SSSR count). The number of methoxy groups -OCH3 is 2. The van der Waals surface area contributed by atoms with E-state index in [9.17, 15) is 4.79 Å². The number of nitrogens with zero attached hydrogens (tertiary/aromatic N) is 1. The Kier molecular flexibility index (Phi) is 4.83. The van der Waals surface area contributed by atoms with Crippen molar-refractivity contribution in [3.05, 3.63) is 48.0 Å². The lowest BCUT2D eigenvalue weighted by Crippen LogP contribution is -2.43. The smallest absolute Gasteiger partial charge is 0.224 e. The van der Waals surface area contributed by atoms with Crippen LogP contribution in [0.5, 0.6) is 11.5 Å². The fourth-order valence-electron chi connectivity index (χ4n) is 3.47. The molecule has 1 aliphatic rings. The van der Waals surface area contributed by atoms with E-state index in [0.29, 0.717) is 0 Å². The number of fused-ring (bicyclic) bond motifs is 1. The number of hydrogen-bond acceptors (Lipinski definition) is 4. The first-order valence-corrected chi connectivity index (χ1v) is 8.41. The van der Waals surface area contributed by atoms with Gasteiger partial charge in [0.25, 0.3) is 0 Å². The van der Waals surface area contributed by atoms with Gasteiger partial charge in [0.2, 0.25) is 5.91 Å². The van der Waals surface area contributed by atoms with Gasteiger partial charge in [-0.2, -0.15) is 0 Å². The molecule has 1 N–H and O–H groups in total. The monoisotopic (exact) mass is 340 g/mol. The lowest BCUT2D eigenvalue weighted by molar-refractivity contribution is -0.117. The molecule has 0 spiro atoms. The predicted molar refractivity (Wildman–Crippen MR) is 99.6 cm³/mol. The second kappa shape index (κ2) is 7.05. The molecule has 2 aromatic carbocycles. The number of amides is 1. The van der Waals surface area contributed by atoms with Gasteiger partial charge in [0.05, 0.1) is 20.3 Å². The molecule has 2 unspecified atom stereocenters. The molecule has 1 amide bonds. The summed E-state index contributed by atoms with van der Waals surface area (Å²) in [5.74, 6) is 1.67. The fourth-order valence-corrected chi connectivity index (χ4v) is 3.47. The van der Waals surface area contributed by atoms with Gasteiger partial charge in [-0.05, 0) is 55.8 Å². The molecular weight excluding hydrogens is 316 g/mol. The van der Waals surface area contributed by atoms with Crippen LogP contribution in [-0.4, -0.2) is 26.2 Å². The average Bonchev–Trinajstić information content (AvgIpc) is 2.61. The van der Waals surface area contributed by atoms with Crippen LogP contribution < -0.4 is 19.7 Å². The summed E-state index contributed by atoms with van der Waals surface area (Å²) in [5.41, 5.74) is 3.03. The largest absolute Gasteiger partial charge is 0.497 e. The van der Waals surface area contributed by atoms with Crippen LogP contribution in [0.3, 0.4) is 0 Å². The Morgan fingerprint density at radius 3 is 2.32 bits per heavy atom. The highest BCUT2D eigenvalue weighted by atomic mass is 16.5. The molecule has 0 bridgehead atoms. The molecule has 0 fully saturated rings. The van der Waals surface area contributed by atoms with Crippen LogP contribution in [0.1, 0.15) is 31.9 Å². The highest BCUT2D eigenvalue weighted by Crippen LogP contribution is 2.40. The quantitative estimate of drug-likeness (QED) is 0.914. The van der Waals surface area contributed by atoms with E-state index < -0.39 is 0 Å². The third-order valence-electron chi connectivity index (χ3n) is 4.66. The molecule has 5 nitrogen and oxygen atoms in total. The van der Waals surface area contributed by atoms with Crippen molar-refractivity contribution in [2.75, 3.05) is 24.4 Å². The third-order valence-corrected chi connectivity index (χ3v) is 4.66. The molecule has 0 aromatic heterocycles. The third kappa shape index (κ3) is 3.40. The second-order valence-electron chi connectivity index (χ2n) is 6.32. The predicted octanol–water partition coefficient (Wildman–Crippen LogP) is 4.00. The maximum Gasteiger partial charge on any atom is 0.224 e. The Morgan fingerprint density at radius 2 is 1.72 bits per heavy atom. The zero-order valence-corrected chi connectivity index (χ0v) is 15.1. The van der Waals surface area contributed by atoms with Gasteiger partial charge in [-0.1, -0.05) is 0 Å². The minimum atomic E-state index is 0.0572. The standard InChI is InChI=1S/C20H24N2O3/c1-13-11-19(21-15-5-7-16(24-3)8-6-15)18-12-17(25-4)9-10-20(18)22(13)14(2)23/h5-10,12-13,19,21H,11H2,1-4H3. The Hall–Kier alpha value is -2.69. The fraction of sp³-hybridized carbons (Fsp3) is 0.350. The van der Waals surface area contributed by atoms with Crippen molar-refractivity contribution in [3.8, 4) is 11.5 Å². The Balaban J connectivity index is 1.96. The topological polar surface area (TPSA) is 50.8 Å². The van der Waals surface area contributed by atoms with Crippen molar-refractivity contribution in [2.24, 2.45) is 0 Å². The summed E-state index contributed by atoms with van der Waals surface area (Å²) < 4.78 is 10.6. The maximum absolute atomic E-state index is 12.1. The van der Waals surface area contributed by atoms with E-state index in [1.807, 2.05) is 47.4 Å². The first-order valence-electron chi connectivity index (χ1n) is 8.41. The van der Waals surface area contributed by atoms with E-state index in [4.69, 9.17) is 9.47 Å². The van der Waals surface area contributed by atoms with E-state index in [-0.39, 0.29) is 18.0 Å². The van der Waals surface area contributed by atoms with E-state index >= 15 is 0 Å². The van der Waals surface area contributed by atoms with Crippen molar-refractivity contribution >= 4 is 17.3 Å². The van der Waals surface area contributed by atoms with Gasteiger partial charge >= 0.3 is 0 Å². The summed E-state index contributed by atoms with van der Waals surface area (Å²) in [6.45, 7) is 3.69. The summed E-state index contributed by atoms with van der Waals surface area (Å²) in [6.07, 6.45) is 0.825. The second-order valence-corrected chi connectivity index (χ2v) is 6.32. The van der Waals surface area contributed by atoms with Gasteiger partial charge in [-0.25, -0.2) is 0 Å². The zero-order chi connectivity index (χ0) is 18.0. The number of benzene rings is 2. The molecule has 0 saturated heterocycles. The van der Waals surface area contributed by atoms with Crippen molar-refractivity contribution in [1.29, 1.82) is 0 Å². The number of ether oxygens (including phenoxy) is 2. The van der Waals surface area contributed by atoms with Gasteiger partial charge in [0.1, 0.15) is 11.5 Å². The lowest BCUT2D eigenvalue weighted by atomic mass is 9.91. The molecule has 0 saturated carbocycles. The molecule has 132 valence electrons. The number of anilines is 2. The van der Waals surface area contributed by atoms with Crippen molar-refractivity contribution in [2.45, 2.75) is 32.4 Å². The molecule has 1 aliphatic heterocycles. The maximum atomic E-state index is 12.1. The van der Waals surface area contributed by atoms with Crippen LogP contribution in [-0.2, 0) is 4.79 Å². The van der Waals surface area contributed by atoms with Gasteiger partial charge in [0.15, 0.2) is 0 Å². The Bertz CT molecular complexity index is 758. The first kappa shape index (κ1) is 17.1. The molecule has 0 radical (unpaired) electrons. The van der Waals surface area contributed by atoms with E-state index in [1.165, 1.54) is 0 Å². The van der Waals surface area contributed by atoms with Crippen LogP contribution >= 0.6 is 0 Å². The molecule has 2 atom stereocenters. The molecule has 5 heteroatoms. The van der Waals surface area contributed by atoms with Crippen LogP contribution in [0, 0.1) is 0 Å². The van der Waals surface area contributed by atoms with Crippen molar-refractivity contribution < 1.29 is 14.3 Å². The van der Waals surface area contributed by atoms with Gasteiger partial charge in [-0.15, -0.1) is 0 Å². The summed E-state index contributed by atoms with van der Waals surface area (Å²) >= 11 is 0. The van der Waals surface area contributed by atoms with Crippen LogP contribution in [0.2, 0.25) is 0 Å². The number of nitrogens with one attached hydrogen (secondary N) is 1. The molecule has 1 heterocycles. The molecule has 25 heavy (non-hydrogen) atoms. The van der Waals surface area contributed by atoms with E-state index in [1.54, 1.807) is 21.1 Å². The summed E-state index contributed by atoms with van der Waals surface area (Å²) in [5, 5.41) is 3.58. The van der Waals surface area contributed by atoms with E-state index in [2.05, 4.69) is 12.2 Å². The van der Waals surface area contributed by atoms with Crippen LogP contribution in [0.4, 0.5) is 11.4 Å². The SMILES string of the molecule is COc1ccc(NC2CC(C)N(C(C)=O)c3ccc(OC)cc32)cc1. The van der Waals surface area contributed by atoms with Crippen LogP contribution in [0.25, 0.3) is 0 Å². The highest BCUT2D eigenvalue weighted by Gasteiger charge is 2.32. The Labute approximate surface area is 148 Å². The summed E-state index contributed by atoms with van der Waals surface area (Å²) in [4.78, 5) is 14.0. The zero-order valence-electron chi connectivity index (χ0n) is 15.1. The summed E-state index contributed by atoms with van der Waals surface area (Å²) in [6, 6.07) is 14.0. The van der Waals surface area contributed by atoms with Gasteiger partial charge in [0, 0.05) is 29.9 Å². The van der Waals surface area contributed by atoms with Crippen molar-refractivity contribution in [1.82, 2.24) is 0 Å². The number of carbonyl (C=O) groups is 1.